The van der Waals surface area contributed by atoms with Crippen molar-refractivity contribution in [2.24, 2.45) is 0 Å². The van der Waals surface area contributed by atoms with E-state index in [2.05, 4.69) is 4.90 Å². The summed E-state index contributed by atoms with van der Waals surface area (Å²) in [4.78, 5) is 2.06. The Balaban J connectivity index is 1.85. The van der Waals surface area contributed by atoms with Crippen molar-refractivity contribution in [1.29, 1.82) is 0 Å². The summed E-state index contributed by atoms with van der Waals surface area (Å²) in [5, 5.41) is 0.198. The van der Waals surface area contributed by atoms with Crippen molar-refractivity contribution in [3.8, 4) is 0 Å². The molecule has 0 amide bonds. The number of sulfonamides is 1. The Morgan fingerprint density at radius 3 is 2.76 bits per heavy atom. The number of hydrogen-bond acceptors (Lipinski definition) is 3. The number of fused-ring (bicyclic) bond motifs is 1. The fourth-order valence-corrected chi connectivity index (χ4v) is 4.84. The van der Waals surface area contributed by atoms with Gasteiger partial charge < -0.3 is 0 Å². The first-order valence-corrected chi connectivity index (χ1v) is 8.99. The normalized spacial score (nSPS) is 24.8. The predicted octanol–water partition coefficient (Wildman–Crippen LogP) is 2.34. The van der Waals surface area contributed by atoms with Crippen LogP contribution in [0.25, 0.3) is 0 Å². The van der Waals surface area contributed by atoms with Gasteiger partial charge in [0.1, 0.15) is 10.7 Å². The predicted molar refractivity (Wildman–Crippen MR) is 79.4 cm³/mol. The molecule has 2 aliphatic rings. The highest BCUT2D eigenvalue weighted by molar-refractivity contribution is 7.89. The number of hydrogen-bond donors (Lipinski definition) is 0. The Kier molecular flexibility index (Phi) is 4.23. The zero-order valence-corrected chi connectivity index (χ0v) is 13.2. The van der Waals surface area contributed by atoms with Crippen LogP contribution in [0.5, 0.6) is 0 Å². The molecular weight excluding hydrogens is 315 g/mol. The van der Waals surface area contributed by atoms with Crippen LogP contribution >= 0.6 is 11.6 Å². The Morgan fingerprint density at radius 1 is 1.19 bits per heavy atom. The molecule has 0 radical (unpaired) electrons. The van der Waals surface area contributed by atoms with Crippen molar-refractivity contribution < 1.29 is 12.8 Å². The summed E-state index contributed by atoms with van der Waals surface area (Å²) in [7, 11) is -3.79. The Hall–Kier alpha value is -0.690. The van der Waals surface area contributed by atoms with Gasteiger partial charge in [-0.15, -0.1) is 0 Å². The molecule has 1 aromatic carbocycles. The standard InChI is InChI=1S/C14H18ClFN2O2S/c15-11-4-5-14(13(16)9-11)21(19,20)18-8-7-17-6-2-1-3-12(17)10-18/h4-5,9,12H,1-3,6-8,10H2/t12-/m1/s1. The summed E-state index contributed by atoms with van der Waals surface area (Å²) in [6.07, 6.45) is 3.31. The van der Waals surface area contributed by atoms with Gasteiger partial charge in [0, 0.05) is 30.7 Å². The Morgan fingerprint density at radius 2 is 2.00 bits per heavy atom. The van der Waals surface area contributed by atoms with Gasteiger partial charge >= 0.3 is 0 Å². The van der Waals surface area contributed by atoms with Gasteiger partial charge in [-0.25, -0.2) is 12.8 Å². The molecule has 0 unspecified atom stereocenters. The smallest absolute Gasteiger partial charge is 0.246 e. The minimum atomic E-state index is -3.79. The number of piperazine rings is 1. The number of piperidine rings is 1. The Bertz CT molecular complexity index is 638. The van der Waals surface area contributed by atoms with E-state index in [0.29, 0.717) is 13.1 Å². The van der Waals surface area contributed by atoms with E-state index in [1.165, 1.54) is 22.9 Å². The van der Waals surface area contributed by atoms with Gasteiger partial charge in [-0.2, -0.15) is 4.31 Å². The zero-order chi connectivity index (χ0) is 15.0. The lowest BCUT2D eigenvalue weighted by atomic mass is 10.0. The van der Waals surface area contributed by atoms with E-state index in [0.717, 1.165) is 32.0 Å². The molecule has 0 aliphatic carbocycles. The minimum absolute atomic E-state index is 0.198. The maximum absolute atomic E-state index is 13.9. The fraction of sp³-hybridized carbons (Fsp3) is 0.571. The molecule has 116 valence electrons. The average molecular weight is 333 g/mol. The third kappa shape index (κ3) is 2.95. The van der Waals surface area contributed by atoms with Crippen LogP contribution in [-0.4, -0.2) is 49.8 Å². The second kappa shape index (κ2) is 5.83. The monoisotopic (exact) mass is 332 g/mol. The van der Waals surface area contributed by atoms with E-state index in [9.17, 15) is 12.8 Å². The second-order valence-electron chi connectivity index (χ2n) is 5.62. The Labute approximate surface area is 129 Å². The van der Waals surface area contributed by atoms with E-state index >= 15 is 0 Å². The highest BCUT2D eigenvalue weighted by Gasteiger charge is 2.36. The molecule has 4 nitrogen and oxygen atoms in total. The number of benzene rings is 1. The molecule has 0 spiro atoms. The summed E-state index contributed by atoms with van der Waals surface area (Å²) < 4.78 is 40.6. The lowest BCUT2D eigenvalue weighted by Crippen LogP contribution is -2.56. The second-order valence-corrected chi connectivity index (χ2v) is 7.97. The van der Waals surface area contributed by atoms with Crippen LogP contribution in [-0.2, 0) is 10.0 Å². The van der Waals surface area contributed by atoms with Crippen molar-refractivity contribution in [3.05, 3.63) is 29.0 Å². The molecule has 21 heavy (non-hydrogen) atoms. The van der Waals surface area contributed by atoms with Crippen LogP contribution < -0.4 is 0 Å². The van der Waals surface area contributed by atoms with Gasteiger partial charge in [0.05, 0.1) is 0 Å². The molecular formula is C14H18ClFN2O2S. The molecule has 0 bridgehead atoms. The van der Waals surface area contributed by atoms with Crippen LogP contribution in [0.15, 0.2) is 23.1 Å². The molecule has 2 aliphatic heterocycles. The van der Waals surface area contributed by atoms with Gasteiger partial charge in [0.15, 0.2) is 0 Å². The highest BCUT2D eigenvalue weighted by atomic mass is 35.5. The molecule has 1 atom stereocenters. The van der Waals surface area contributed by atoms with Gasteiger partial charge in [-0.1, -0.05) is 18.0 Å². The van der Waals surface area contributed by atoms with Gasteiger partial charge in [0.2, 0.25) is 10.0 Å². The maximum Gasteiger partial charge on any atom is 0.246 e. The number of rotatable bonds is 2. The molecule has 0 saturated carbocycles. The quantitative estimate of drug-likeness (QED) is 0.834. The van der Waals surface area contributed by atoms with Crippen LogP contribution in [0, 0.1) is 5.82 Å². The molecule has 0 aromatic heterocycles. The number of halogens is 2. The summed E-state index contributed by atoms with van der Waals surface area (Å²) in [6.45, 7) is 2.62. The highest BCUT2D eigenvalue weighted by Crippen LogP contribution is 2.27. The summed E-state index contributed by atoms with van der Waals surface area (Å²) in [5.74, 6) is -0.784. The first-order valence-electron chi connectivity index (χ1n) is 7.18. The van der Waals surface area contributed by atoms with E-state index in [1.54, 1.807) is 0 Å². The van der Waals surface area contributed by atoms with Crippen LogP contribution in [0.4, 0.5) is 4.39 Å². The van der Waals surface area contributed by atoms with Crippen molar-refractivity contribution in [2.75, 3.05) is 26.2 Å². The minimum Gasteiger partial charge on any atom is -0.298 e. The van der Waals surface area contributed by atoms with E-state index in [1.807, 2.05) is 0 Å². The zero-order valence-electron chi connectivity index (χ0n) is 11.6. The summed E-state index contributed by atoms with van der Waals surface area (Å²) in [5.41, 5.74) is 0. The molecule has 1 aromatic rings. The van der Waals surface area contributed by atoms with Crippen molar-refractivity contribution in [3.63, 3.8) is 0 Å². The topological polar surface area (TPSA) is 40.6 Å². The maximum atomic E-state index is 13.9. The first kappa shape index (κ1) is 15.2. The van der Waals surface area contributed by atoms with Crippen LogP contribution in [0.3, 0.4) is 0 Å². The molecule has 0 N–H and O–H groups in total. The molecule has 2 fully saturated rings. The number of nitrogens with zero attached hydrogens (tertiary/aromatic N) is 2. The van der Waals surface area contributed by atoms with Gasteiger partial charge in [-0.05, 0) is 37.6 Å². The molecule has 7 heteroatoms. The van der Waals surface area contributed by atoms with E-state index in [-0.39, 0.29) is 16.0 Å². The summed E-state index contributed by atoms with van der Waals surface area (Å²) >= 11 is 5.69. The van der Waals surface area contributed by atoms with Crippen molar-refractivity contribution in [1.82, 2.24) is 9.21 Å². The molecule has 2 saturated heterocycles. The molecule has 3 rings (SSSR count). The van der Waals surface area contributed by atoms with E-state index in [4.69, 9.17) is 11.6 Å². The summed E-state index contributed by atoms with van der Waals surface area (Å²) in [6, 6.07) is 3.97. The van der Waals surface area contributed by atoms with Gasteiger partial charge in [0.25, 0.3) is 0 Å². The third-order valence-electron chi connectivity index (χ3n) is 4.31. The van der Waals surface area contributed by atoms with Crippen LogP contribution in [0.1, 0.15) is 19.3 Å². The van der Waals surface area contributed by atoms with E-state index < -0.39 is 15.8 Å². The van der Waals surface area contributed by atoms with Gasteiger partial charge in [-0.3, -0.25) is 4.90 Å². The van der Waals surface area contributed by atoms with Crippen LogP contribution in [0.2, 0.25) is 5.02 Å². The lowest BCUT2D eigenvalue weighted by Gasteiger charge is -2.43. The van der Waals surface area contributed by atoms with Crippen molar-refractivity contribution >= 4 is 21.6 Å². The molecule has 2 heterocycles. The fourth-order valence-electron chi connectivity index (χ4n) is 3.17. The largest absolute Gasteiger partial charge is 0.298 e. The van der Waals surface area contributed by atoms with Crippen molar-refractivity contribution in [2.45, 2.75) is 30.2 Å². The lowest BCUT2D eigenvalue weighted by molar-refractivity contribution is 0.0851. The average Bonchev–Trinajstić information content (AvgIpc) is 2.46. The third-order valence-corrected chi connectivity index (χ3v) is 6.45. The first-order chi connectivity index (χ1) is 9.98. The SMILES string of the molecule is O=S(=O)(c1ccc(Cl)cc1F)N1CCN2CCCC[C@@H]2C1.